The zero-order valence-electron chi connectivity index (χ0n) is 23.4. The van der Waals surface area contributed by atoms with Gasteiger partial charge in [-0.25, -0.2) is 9.67 Å². The fourth-order valence-electron chi connectivity index (χ4n) is 4.49. The standard InChI is InChI=1S/C30H27F3N6O2S2/c1-18(2)24-6-4-5-7-25(24)39-26(40)16-43-29(39)36-28(42)35-19(3)20-8-10-21(11-9-20)27-34-17-38(37-27)22-12-14-23(15-13-22)41-30(31,32)33/h4-15,17-19H,16H2,1-3H3,(H,35,42)/b36-29-. The Kier molecular flexibility index (Phi) is 8.83. The van der Waals surface area contributed by atoms with Crippen LogP contribution in [-0.2, 0) is 4.79 Å². The van der Waals surface area contributed by atoms with Crippen molar-refractivity contribution in [3.8, 4) is 22.8 Å². The second-order valence-electron chi connectivity index (χ2n) is 9.97. The number of carbonyl (C=O) groups is 1. The van der Waals surface area contributed by atoms with Crippen LogP contribution >= 0.6 is 24.0 Å². The summed E-state index contributed by atoms with van der Waals surface area (Å²) in [5.74, 6) is 0.638. The van der Waals surface area contributed by atoms with Gasteiger partial charge in [0.1, 0.15) is 12.1 Å². The molecule has 3 aromatic carbocycles. The molecule has 0 saturated carbocycles. The van der Waals surface area contributed by atoms with Crippen molar-refractivity contribution in [1.29, 1.82) is 0 Å². The summed E-state index contributed by atoms with van der Waals surface area (Å²) < 4.78 is 42.6. The number of ether oxygens (including phenoxy) is 1. The van der Waals surface area contributed by atoms with E-state index in [2.05, 4.69) is 39.0 Å². The number of thioether (sulfide) groups is 1. The SMILES string of the molecule is CC(C)c1ccccc1N1C(=O)CS/C1=N\C(=S)NC(C)c1ccc(-c2ncn(-c3ccc(OC(F)(F)F)cc3)n2)cc1. The molecule has 1 fully saturated rings. The number of alkyl halides is 3. The molecule has 4 aromatic rings. The van der Waals surface area contributed by atoms with Gasteiger partial charge >= 0.3 is 6.36 Å². The van der Waals surface area contributed by atoms with Crippen LogP contribution in [0, 0.1) is 0 Å². The van der Waals surface area contributed by atoms with E-state index in [-0.39, 0.29) is 28.7 Å². The lowest BCUT2D eigenvalue weighted by atomic mass is 10.0. The molecule has 1 amide bonds. The first-order chi connectivity index (χ1) is 20.5. The third-order valence-electron chi connectivity index (χ3n) is 6.60. The Balaban J connectivity index is 1.24. The molecule has 0 radical (unpaired) electrons. The van der Waals surface area contributed by atoms with Crippen molar-refractivity contribution >= 4 is 45.9 Å². The Hall–Kier alpha value is -4.23. The molecule has 0 aliphatic carbocycles. The normalized spacial score (nSPS) is 15.3. The minimum absolute atomic E-state index is 0.0353. The number of nitrogens with one attached hydrogen (secondary N) is 1. The predicted octanol–water partition coefficient (Wildman–Crippen LogP) is 7.03. The quantitative estimate of drug-likeness (QED) is 0.221. The van der Waals surface area contributed by atoms with E-state index in [0.29, 0.717) is 22.4 Å². The molecule has 222 valence electrons. The number of carbonyl (C=O) groups excluding carboxylic acids is 1. The van der Waals surface area contributed by atoms with Gasteiger partial charge in [-0.1, -0.05) is 68.1 Å². The van der Waals surface area contributed by atoms with Crippen LogP contribution in [0.25, 0.3) is 17.1 Å². The topological polar surface area (TPSA) is 84.6 Å². The molecule has 0 spiro atoms. The van der Waals surface area contributed by atoms with E-state index in [1.165, 1.54) is 47.0 Å². The highest BCUT2D eigenvalue weighted by Gasteiger charge is 2.32. The first kappa shape index (κ1) is 30.2. The van der Waals surface area contributed by atoms with Crippen LogP contribution in [0.3, 0.4) is 0 Å². The van der Waals surface area contributed by atoms with Crippen molar-refractivity contribution in [2.45, 2.75) is 39.1 Å². The summed E-state index contributed by atoms with van der Waals surface area (Å²) in [5, 5.41) is 8.49. The van der Waals surface area contributed by atoms with E-state index in [1.54, 1.807) is 4.90 Å². The summed E-state index contributed by atoms with van der Waals surface area (Å²) >= 11 is 6.90. The zero-order valence-corrected chi connectivity index (χ0v) is 25.0. The first-order valence-electron chi connectivity index (χ1n) is 13.3. The lowest BCUT2D eigenvalue weighted by Gasteiger charge is -2.22. The summed E-state index contributed by atoms with van der Waals surface area (Å²) in [5.41, 5.74) is 4.12. The van der Waals surface area contributed by atoms with Gasteiger partial charge in [0.05, 0.1) is 23.2 Å². The van der Waals surface area contributed by atoms with Crippen LogP contribution in [-0.4, -0.2) is 43.1 Å². The van der Waals surface area contributed by atoms with Crippen molar-refractivity contribution in [3.05, 3.63) is 90.3 Å². The monoisotopic (exact) mass is 624 g/mol. The Morgan fingerprint density at radius 1 is 1.05 bits per heavy atom. The van der Waals surface area contributed by atoms with Crippen LogP contribution in [0.5, 0.6) is 5.75 Å². The van der Waals surface area contributed by atoms with E-state index in [0.717, 1.165) is 22.4 Å². The Bertz CT molecular complexity index is 1650. The van der Waals surface area contributed by atoms with E-state index in [4.69, 9.17) is 12.2 Å². The minimum Gasteiger partial charge on any atom is -0.406 e. The summed E-state index contributed by atoms with van der Waals surface area (Å²) in [6.45, 7) is 6.13. The molecule has 1 N–H and O–H groups in total. The van der Waals surface area contributed by atoms with Gasteiger partial charge in [-0.15, -0.1) is 18.3 Å². The lowest BCUT2D eigenvalue weighted by molar-refractivity contribution is -0.274. The smallest absolute Gasteiger partial charge is 0.406 e. The maximum atomic E-state index is 12.8. The lowest BCUT2D eigenvalue weighted by Crippen LogP contribution is -2.32. The van der Waals surface area contributed by atoms with Crippen molar-refractivity contribution in [3.63, 3.8) is 0 Å². The van der Waals surface area contributed by atoms with Gasteiger partial charge < -0.3 is 10.1 Å². The molecular formula is C30H27F3N6O2S2. The number of rotatable bonds is 7. The second-order valence-corrected chi connectivity index (χ2v) is 11.3. The number of amides is 1. The number of halogens is 3. The van der Waals surface area contributed by atoms with Crippen molar-refractivity contribution in [2.75, 3.05) is 10.7 Å². The highest BCUT2D eigenvalue weighted by molar-refractivity contribution is 8.15. The molecule has 1 aliphatic rings. The molecule has 2 heterocycles. The van der Waals surface area contributed by atoms with Crippen LogP contribution in [0.2, 0.25) is 0 Å². The van der Waals surface area contributed by atoms with Gasteiger partial charge in [0.15, 0.2) is 16.1 Å². The number of thiocarbonyl (C=S) groups is 1. The van der Waals surface area contributed by atoms with Crippen molar-refractivity contribution in [1.82, 2.24) is 20.1 Å². The van der Waals surface area contributed by atoms with E-state index in [9.17, 15) is 18.0 Å². The zero-order chi connectivity index (χ0) is 30.7. The molecule has 1 saturated heterocycles. The Morgan fingerprint density at radius 3 is 2.42 bits per heavy atom. The molecule has 5 rings (SSSR count). The largest absolute Gasteiger partial charge is 0.573 e. The van der Waals surface area contributed by atoms with Gasteiger partial charge in [0.2, 0.25) is 5.91 Å². The van der Waals surface area contributed by atoms with Crippen LogP contribution in [0.15, 0.2) is 84.1 Å². The minimum atomic E-state index is -4.75. The third kappa shape index (κ3) is 7.23. The number of amidine groups is 1. The van der Waals surface area contributed by atoms with Gasteiger partial charge in [-0.05, 0) is 66.5 Å². The van der Waals surface area contributed by atoms with E-state index >= 15 is 0 Å². The molecule has 1 atom stereocenters. The summed E-state index contributed by atoms with van der Waals surface area (Å²) in [6, 6.07) is 20.6. The molecule has 13 heteroatoms. The van der Waals surface area contributed by atoms with Crippen molar-refractivity contribution in [2.24, 2.45) is 4.99 Å². The van der Waals surface area contributed by atoms with Gasteiger partial charge in [-0.2, -0.15) is 4.99 Å². The fraction of sp³-hybridized carbons (Fsp3) is 0.233. The van der Waals surface area contributed by atoms with Crippen LogP contribution in [0.1, 0.15) is 43.9 Å². The molecule has 1 unspecified atom stereocenters. The Labute approximate surface area is 256 Å². The van der Waals surface area contributed by atoms with E-state index in [1.807, 2.05) is 55.5 Å². The number of aliphatic imine (C=N–C) groups is 1. The summed E-state index contributed by atoms with van der Waals surface area (Å²) in [7, 11) is 0. The highest BCUT2D eigenvalue weighted by atomic mass is 32.2. The number of para-hydroxylation sites is 1. The molecule has 43 heavy (non-hydrogen) atoms. The molecule has 1 aromatic heterocycles. The summed E-state index contributed by atoms with van der Waals surface area (Å²) in [6.07, 6.45) is -3.27. The van der Waals surface area contributed by atoms with Gasteiger partial charge in [0.25, 0.3) is 0 Å². The number of hydrogen-bond acceptors (Lipinski definition) is 6. The number of nitrogens with zero attached hydrogens (tertiary/aromatic N) is 5. The fourth-order valence-corrected chi connectivity index (χ4v) is 5.68. The number of aromatic nitrogens is 3. The highest BCUT2D eigenvalue weighted by Crippen LogP contribution is 2.33. The van der Waals surface area contributed by atoms with Crippen molar-refractivity contribution < 1.29 is 22.7 Å². The predicted molar refractivity (Wildman–Crippen MR) is 166 cm³/mol. The number of hydrogen-bond donors (Lipinski definition) is 1. The third-order valence-corrected chi connectivity index (χ3v) is 7.73. The molecular weight excluding hydrogens is 597 g/mol. The van der Waals surface area contributed by atoms with Gasteiger partial charge in [-0.3, -0.25) is 9.69 Å². The first-order valence-corrected chi connectivity index (χ1v) is 14.7. The maximum Gasteiger partial charge on any atom is 0.573 e. The maximum absolute atomic E-state index is 12.8. The van der Waals surface area contributed by atoms with Crippen LogP contribution < -0.4 is 15.0 Å². The average molecular weight is 625 g/mol. The number of anilines is 1. The van der Waals surface area contributed by atoms with E-state index < -0.39 is 6.36 Å². The second kappa shape index (κ2) is 12.6. The average Bonchev–Trinajstić information content (AvgIpc) is 3.59. The Morgan fingerprint density at radius 2 is 1.74 bits per heavy atom. The van der Waals surface area contributed by atoms with Gasteiger partial charge in [0, 0.05) is 5.56 Å². The molecule has 8 nitrogen and oxygen atoms in total. The summed E-state index contributed by atoms with van der Waals surface area (Å²) in [4.78, 5) is 23.3. The molecule has 1 aliphatic heterocycles. The number of benzene rings is 3. The molecule has 0 bridgehead atoms. The van der Waals surface area contributed by atoms with Crippen LogP contribution in [0.4, 0.5) is 18.9 Å².